The van der Waals surface area contributed by atoms with E-state index >= 15 is 0 Å². The number of aliphatic hydroxyl groups is 1. The van der Waals surface area contributed by atoms with E-state index in [2.05, 4.69) is 0 Å². The van der Waals surface area contributed by atoms with Gasteiger partial charge in [-0.1, -0.05) is 12.1 Å². The van der Waals surface area contributed by atoms with Gasteiger partial charge in [0.25, 0.3) is 5.91 Å². The van der Waals surface area contributed by atoms with Crippen LogP contribution in [0.2, 0.25) is 0 Å². The van der Waals surface area contributed by atoms with Gasteiger partial charge in [0.1, 0.15) is 12.4 Å². The molecule has 1 amide bonds. The van der Waals surface area contributed by atoms with E-state index in [1.807, 2.05) is 0 Å². The van der Waals surface area contributed by atoms with Gasteiger partial charge in [0.15, 0.2) is 0 Å². The predicted molar refractivity (Wildman–Crippen MR) is 57.3 cm³/mol. The molecule has 1 fully saturated rings. The van der Waals surface area contributed by atoms with Gasteiger partial charge in [-0.15, -0.1) is 0 Å². The zero-order valence-electron chi connectivity index (χ0n) is 8.67. The van der Waals surface area contributed by atoms with Crippen LogP contribution in [-0.2, 0) is 9.53 Å². The number of para-hydroxylation sites is 2. The highest BCUT2D eigenvalue weighted by Gasteiger charge is 2.28. The number of aromatic hydroxyl groups is 1. The Hall–Kier alpha value is -1.59. The van der Waals surface area contributed by atoms with Crippen molar-refractivity contribution in [1.29, 1.82) is 0 Å². The van der Waals surface area contributed by atoms with E-state index in [4.69, 9.17) is 9.84 Å². The quantitative estimate of drug-likeness (QED) is 0.747. The highest BCUT2D eigenvalue weighted by atomic mass is 16.5. The summed E-state index contributed by atoms with van der Waals surface area (Å²) >= 11 is 0. The number of morpholine rings is 1. The third-order valence-electron chi connectivity index (χ3n) is 2.51. The van der Waals surface area contributed by atoms with Gasteiger partial charge in [0.05, 0.1) is 24.9 Å². The van der Waals surface area contributed by atoms with Crippen molar-refractivity contribution < 1.29 is 19.7 Å². The Kier molecular flexibility index (Phi) is 3.07. The van der Waals surface area contributed by atoms with Crippen LogP contribution in [0.4, 0.5) is 5.69 Å². The monoisotopic (exact) mass is 223 g/mol. The molecule has 0 aromatic heterocycles. The van der Waals surface area contributed by atoms with Crippen molar-refractivity contribution in [3.63, 3.8) is 0 Å². The van der Waals surface area contributed by atoms with Crippen LogP contribution >= 0.6 is 0 Å². The first kappa shape index (κ1) is 10.9. The van der Waals surface area contributed by atoms with E-state index in [-0.39, 0.29) is 31.4 Å². The molecule has 1 aromatic rings. The summed E-state index contributed by atoms with van der Waals surface area (Å²) in [7, 11) is 0. The second kappa shape index (κ2) is 4.51. The highest BCUT2D eigenvalue weighted by molar-refractivity contribution is 5.96. The average molecular weight is 223 g/mol. The van der Waals surface area contributed by atoms with Crippen molar-refractivity contribution in [3.8, 4) is 5.75 Å². The fraction of sp³-hybridized carbons (Fsp3) is 0.364. The molecule has 5 heteroatoms. The first-order valence-electron chi connectivity index (χ1n) is 5.03. The lowest BCUT2D eigenvalue weighted by atomic mass is 10.2. The number of hydrogen-bond acceptors (Lipinski definition) is 4. The van der Waals surface area contributed by atoms with E-state index in [1.165, 1.54) is 11.0 Å². The minimum absolute atomic E-state index is 0.0504. The van der Waals surface area contributed by atoms with Crippen LogP contribution < -0.4 is 4.90 Å². The third kappa shape index (κ3) is 2.00. The van der Waals surface area contributed by atoms with Gasteiger partial charge < -0.3 is 19.8 Å². The molecule has 16 heavy (non-hydrogen) atoms. The molecule has 1 aliphatic heterocycles. The van der Waals surface area contributed by atoms with Gasteiger partial charge in [-0.05, 0) is 12.1 Å². The lowest BCUT2D eigenvalue weighted by Crippen LogP contribution is -2.48. The van der Waals surface area contributed by atoms with Crippen molar-refractivity contribution in [2.24, 2.45) is 0 Å². The minimum atomic E-state index is -0.391. The van der Waals surface area contributed by atoms with Crippen molar-refractivity contribution in [3.05, 3.63) is 24.3 Å². The molecule has 0 saturated carbocycles. The zero-order valence-corrected chi connectivity index (χ0v) is 8.67. The second-order valence-electron chi connectivity index (χ2n) is 3.61. The van der Waals surface area contributed by atoms with Crippen LogP contribution in [-0.4, -0.2) is 42.0 Å². The molecule has 1 aromatic carbocycles. The molecule has 86 valence electrons. The maximum atomic E-state index is 11.6. The second-order valence-corrected chi connectivity index (χ2v) is 3.61. The number of phenols is 1. The Morgan fingerprint density at radius 3 is 2.88 bits per heavy atom. The molecule has 2 rings (SSSR count). The van der Waals surface area contributed by atoms with Gasteiger partial charge in [-0.25, -0.2) is 0 Å². The van der Waals surface area contributed by atoms with Crippen LogP contribution in [0.5, 0.6) is 5.75 Å². The first-order chi connectivity index (χ1) is 7.72. The number of aliphatic hydroxyl groups excluding tert-OH is 1. The van der Waals surface area contributed by atoms with Gasteiger partial charge in [-0.2, -0.15) is 0 Å². The smallest absolute Gasteiger partial charge is 0.253 e. The van der Waals surface area contributed by atoms with Crippen LogP contribution in [0.3, 0.4) is 0 Å². The van der Waals surface area contributed by atoms with Gasteiger partial charge in [0.2, 0.25) is 0 Å². The van der Waals surface area contributed by atoms with Crippen LogP contribution in [0, 0.1) is 0 Å². The maximum absolute atomic E-state index is 11.6. The van der Waals surface area contributed by atoms with E-state index in [9.17, 15) is 9.90 Å². The molecule has 2 N–H and O–H groups in total. The minimum Gasteiger partial charge on any atom is -0.506 e. The van der Waals surface area contributed by atoms with E-state index in [0.29, 0.717) is 5.69 Å². The Labute approximate surface area is 92.9 Å². The van der Waals surface area contributed by atoms with Crippen molar-refractivity contribution >= 4 is 11.6 Å². The number of hydrogen-bond donors (Lipinski definition) is 2. The lowest BCUT2D eigenvalue weighted by Gasteiger charge is -2.32. The number of carbonyl (C=O) groups is 1. The fourth-order valence-electron chi connectivity index (χ4n) is 1.66. The summed E-state index contributed by atoms with van der Waals surface area (Å²) < 4.78 is 5.11. The largest absolute Gasteiger partial charge is 0.506 e. The molecular weight excluding hydrogens is 210 g/mol. The van der Waals surface area contributed by atoms with E-state index in [1.54, 1.807) is 18.2 Å². The number of nitrogens with zero attached hydrogens (tertiary/aromatic N) is 1. The number of amides is 1. The summed E-state index contributed by atoms with van der Waals surface area (Å²) in [6, 6.07) is 6.61. The van der Waals surface area contributed by atoms with Crippen molar-refractivity contribution in [1.82, 2.24) is 0 Å². The van der Waals surface area contributed by atoms with E-state index in [0.717, 1.165) is 0 Å². The standard InChI is InChI=1S/C11H13NO4/c13-6-8-5-12(11(15)7-16-8)9-3-1-2-4-10(9)14/h1-4,8,13-14H,5-7H2. The van der Waals surface area contributed by atoms with Crippen LogP contribution in [0.25, 0.3) is 0 Å². The molecule has 0 aliphatic carbocycles. The molecule has 1 atom stereocenters. The third-order valence-corrected chi connectivity index (χ3v) is 2.51. The molecule has 1 heterocycles. The highest BCUT2D eigenvalue weighted by Crippen LogP contribution is 2.28. The molecule has 1 unspecified atom stereocenters. The number of ether oxygens (including phenoxy) is 1. The van der Waals surface area contributed by atoms with Crippen LogP contribution in [0.1, 0.15) is 0 Å². The van der Waals surface area contributed by atoms with Crippen molar-refractivity contribution in [2.45, 2.75) is 6.10 Å². The van der Waals surface area contributed by atoms with Crippen LogP contribution in [0.15, 0.2) is 24.3 Å². The summed E-state index contributed by atoms with van der Waals surface area (Å²) in [6.07, 6.45) is -0.391. The molecule has 1 aliphatic rings. The van der Waals surface area contributed by atoms with Crippen molar-refractivity contribution in [2.75, 3.05) is 24.7 Å². The average Bonchev–Trinajstić information content (AvgIpc) is 2.31. The molecule has 1 saturated heterocycles. The number of anilines is 1. The Morgan fingerprint density at radius 1 is 1.44 bits per heavy atom. The Morgan fingerprint density at radius 2 is 2.19 bits per heavy atom. The maximum Gasteiger partial charge on any atom is 0.253 e. The van der Waals surface area contributed by atoms with Gasteiger partial charge >= 0.3 is 0 Å². The fourth-order valence-corrected chi connectivity index (χ4v) is 1.66. The molecular formula is C11H13NO4. The Balaban J connectivity index is 2.25. The topological polar surface area (TPSA) is 70.0 Å². The predicted octanol–water partition coefficient (Wildman–Crippen LogP) is 0.116. The van der Waals surface area contributed by atoms with Gasteiger partial charge in [-0.3, -0.25) is 4.79 Å². The van der Waals surface area contributed by atoms with Gasteiger partial charge in [0, 0.05) is 0 Å². The zero-order chi connectivity index (χ0) is 11.5. The summed E-state index contributed by atoms with van der Waals surface area (Å²) in [4.78, 5) is 13.0. The summed E-state index contributed by atoms with van der Waals surface area (Å²) in [6.45, 7) is 0.0455. The van der Waals surface area contributed by atoms with E-state index < -0.39 is 6.10 Å². The summed E-state index contributed by atoms with van der Waals surface area (Å²) in [5, 5.41) is 18.6. The molecule has 0 bridgehead atoms. The summed E-state index contributed by atoms with van der Waals surface area (Å²) in [5.74, 6) is -0.166. The number of carbonyl (C=O) groups excluding carboxylic acids is 1. The number of rotatable bonds is 2. The number of benzene rings is 1. The molecule has 0 radical (unpaired) electrons. The lowest BCUT2D eigenvalue weighted by molar-refractivity contribution is -0.130. The Bertz CT molecular complexity index is 393. The summed E-state index contributed by atoms with van der Waals surface area (Å²) in [5.41, 5.74) is 0.453. The molecule has 5 nitrogen and oxygen atoms in total. The normalized spacial score (nSPS) is 21.2. The first-order valence-corrected chi connectivity index (χ1v) is 5.03. The number of phenolic OH excluding ortho intramolecular Hbond substituents is 1. The molecule has 0 spiro atoms. The SMILES string of the molecule is O=C1COC(CO)CN1c1ccccc1O.